The molecule has 2 atom stereocenters. The van der Waals surface area contributed by atoms with Gasteiger partial charge in [-0.15, -0.1) is 0 Å². The minimum Gasteiger partial charge on any atom is -0.373 e. The Kier molecular flexibility index (Phi) is 4.57. The largest absolute Gasteiger partial charge is 0.373 e. The quantitative estimate of drug-likeness (QED) is 0.886. The normalized spacial score (nSPS) is 22.3. The zero-order valence-corrected chi connectivity index (χ0v) is 11.8. The van der Waals surface area contributed by atoms with Gasteiger partial charge < -0.3 is 10.1 Å². The van der Waals surface area contributed by atoms with E-state index < -0.39 is 0 Å². The SMILES string of the molecule is Fc1cnccc1CNC[C@@H]1CCCO[C@H]1c1cn[nH]c1. The van der Waals surface area contributed by atoms with Crippen molar-refractivity contribution in [3.8, 4) is 0 Å². The highest BCUT2D eigenvalue weighted by molar-refractivity contribution is 5.12. The van der Waals surface area contributed by atoms with E-state index in [2.05, 4.69) is 20.5 Å². The van der Waals surface area contributed by atoms with E-state index >= 15 is 0 Å². The average Bonchev–Trinajstić information content (AvgIpc) is 3.04. The van der Waals surface area contributed by atoms with Crippen molar-refractivity contribution in [2.45, 2.75) is 25.5 Å². The van der Waals surface area contributed by atoms with Gasteiger partial charge in [0, 0.05) is 49.1 Å². The maximum Gasteiger partial charge on any atom is 0.145 e. The highest BCUT2D eigenvalue weighted by Gasteiger charge is 2.27. The number of pyridine rings is 1. The molecule has 2 aromatic heterocycles. The number of ether oxygens (including phenoxy) is 1. The lowest BCUT2D eigenvalue weighted by molar-refractivity contribution is -0.0278. The molecule has 3 heterocycles. The van der Waals surface area contributed by atoms with Crippen LogP contribution < -0.4 is 5.32 Å². The van der Waals surface area contributed by atoms with Gasteiger partial charge in [0.1, 0.15) is 5.82 Å². The van der Waals surface area contributed by atoms with E-state index in [9.17, 15) is 4.39 Å². The Morgan fingerprint density at radius 3 is 3.19 bits per heavy atom. The predicted octanol–water partition coefficient (Wildman–Crippen LogP) is 2.20. The van der Waals surface area contributed by atoms with E-state index in [0.29, 0.717) is 18.0 Å². The van der Waals surface area contributed by atoms with Crippen LogP contribution in [-0.4, -0.2) is 28.3 Å². The first-order valence-electron chi connectivity index (χ1n) is 7.24. The number of nitrogens with one attached hydrogen (secondary N) is 2. The Morgan fingerprint density at radius 2 is 2.38 bits per heavy atom. The second kappa shape index (κ2) is 6.78. The molecule has 5 nitrogen and oxygen atoms in total. The van der Waals surface area contributed by atoms with Gasteiger partial charge in [0.2, 0.25) is 0 Å². The number of aromatic nitrogens is 3. The molecule has 112 valence electrons. The maximum absolute atomic E-state index is 13.5. The summed E-state index contributed by atoms with van der Waals surface area (Å²) in [6, 6.07) is 1.70. The van der Waals surface area contributed by atoms with Crippen molar-refractivity contribution in [1.29, 1.82) is 0 Å². The zero-order valence-electron chi connectivity index (χ0n) is 11.8. The minimum absolute atomic E-state index is 0.0623. The summed E-state index contributed by atoms with van der Waals surface area (Å²) < 4.78 is 19.4. The molecule has 0 aliphatic carbocycles. The summed E-state index contributed by atoms with van der Waals surface area (Å²) in [6.45, 7) is 2.08. The molecule has 1 fully saturated rings. The highest BCUT2D eigenvalue weighted by atomic mass is 19.1. The zero-order chi connectivity index (χ0) is 14.5. The molecule has 2 N–H and O–H groups in total. The molecule has 0 amide bonds. The van der Waals surface area contributed by atoms with Gasteiger partial charge in [-0.25, -0.2) is 4.39 Å². The molecule has 1 saturated heterocycles. The molecule has 0 spiro atoms. The number of hydrogen-bond donors (Lipinski definition) is 2. The van der Waals surface area contributed by atoms with E-state index in [4.69, 9.17) is 4.74 Å². The van der Waals surface area contributed by atoms with Crippen molar-refractivity contribution < 1.29 is 9.13 Å². The lowest BCUT2D eigenvalue weighted by atomic mass is 9.91. The first kappa shape index (κ1) is 14.2. The van der Waals surface area contributed by atoms with E-state index in [0.717, 1.165) is 31.6 Å². The monoisotopic (exact) mass is 290 g/mol. The van der Waals surface area contributed by atoms with Crippen molar-refractivity contribution >= 4 is 0 Å². The number of hydrogen-bond acceptors (Lipinski definition) is 4. The summed E-state index contributed by atoms with van der Waals surface area (Å²) in [5.74, 6) is 0.109. The van der Waals surface area contributed by atoms with E-state index in [1.165, 1.54) is 6.20 Å². The Hall–Kier alpha value is -1.79. The summed E-state index contributed by atoms with van der Waals surface area (Å²) in [6.07, 6.45) is 8.77. The van der Waals surface area contributed by atoms with Crippen LogP contribution in [0.5, 0.6) is 0 Å². The number of aromatic amines is 1. The van der Waals surface area contributed by atoms with Crippen molar-refractivity contribution in [2.75, 3.05) is 13.2 Å². The Morgan fingerprint density at radius 1 is 1.43 bits per heavy atom. The molecular weight excluding hydrogens is 271 g/mol. The highest BCUT2D eigenvalue weighted by Crippen LogP contribution is 2.32. The van der Waals surface area contributed by atoms with Crippen LogP contribution in [0.4, 0.5) is 4.39 Å². The maximum atomic E-state index is 13.5. The number of halogens is 1. The Labute approximate surface area is 122 Å². The molecule has 3 rings (SSSR count). The van der Waals surface area contributed by atoms with Gasteiger partial charge in [0.05, 0.1) is 18.5 Å². The lowest BCUT2D eigenvalue weighted by Crippen LogP contribution is -2.31. The van der Waals surface area contributed by atoms with Crippen LogP contribution >= 0.6 is 0 Å². The smallest absolute Gasteiger partial charge is 0.145 e. The third-order valence-electron chi connectivity index (χ3n) is 3.87. The third kappa shape index (κ3) is 3.46. The minimum atomic E-state index is -0.267. The fraction of sp³-hybridized carbons (Fsp3) is 0.467. The predicted molar refractivity (Wildman–Crippen MR) is 75.9 cm³/mol. The fourth-order valence-electron chi connectivity index (χ4n) is 2.78. The molecule has 0 aromatic carbocycles. The molecule has 0 bridgehead atoms. The molecule has 0 unspecified atom stereocenters. The van der Waals surface area contributed by atoms with E-state index in [-0.39, 0.29) is 11.9 Å². The van der Waals surface area contributed by atoms with Gasteiger partial charge in [0.15, 0.2) is 0 Å². The van der Waals surface area contributed by atoms with Gasteiger partial charge in [0.25, 0.3) is 0 Å². The van der Waals surface area contributed by atoms with Crippen LogP contribution in [0.25, 0.3) is 0 Å². The standard InChI is InChI=1S/C15H19FN4O/c16-14-10-17-4-3-11(14)6-18-7-12-2-1-5-21-15(12)13-8-19-20-9-13/h3-4,8-10,12,15,18H,1-2,5-7H2,(H,19,20)/t12-,15+/m0/s1. The molecule has 6 heteroatoms. The van der Waals surface area contributed by atoms with Crippen LogP contribution in [0.1, 0.15) is 30.1 Å². The van der Waals surface area contributed by atoms with Crippen LogP contribution in [0.3, 0.4) is 0 Å². The van der Waals surface area contributed by atoms with Gasteiger partial charge in [-0.05, 0) is 18.9 Å². The van der Waals surface area contributed by atoms with Crippen molar-refractivity contribution in [2.24, 2.45) is 5.92 Å². The van der Waals surface area contributed by atoms with Crippen molar-refractivity contribution in [3.05, 3.63) is 47.8 Å². The van der Waals surface area contributed by atoms with Crippen LogP contribution in [0, 0.1) is 11.7 Å². The van der Waals surface area contributed by atoms with Gasteiger partial charge in [-0.3, -0.25) is 10.1 Å². The second-order valence-corrected chi connectivity index (χ2v) is 5.32. The van der Waals surface area contributed by atoms with Gasteiger partial charge in [-0.2, -0.15) is 5.10 Å². The first-order chi connectivity index (χ1) is 10.3. The van der Waals surface area contributed by atoms with Crippen LogP contribution in [-0.2, 0) is 11.3 Å². The summed E-state index contributed by atoms with van der Waals surface area (Å²) in [4.78, 5) is 3.76. The van der Waals surface area contributed by atoms with Gasteiger partial charge >= 0.3 is 0 Å². The van der Waals surface area contributed by atoms with Crippen LogP contribution in [0.15, 0.2) is 30.9 Å². The average molecular weight is 290 g/mol. The van der Waals surface area contributed by atoms with Crippen LogP contribution in [0.2, 0.25) is 0 Å². The Bertz CT molecular complexity index is 561. The number of H-pyrrole nitrogens is 1. The molecule has 1 aliphatic heterocycles. The first-order valence-corrected chi connectivity index (χ1v) is 7.24. The van der Waals surface area contributed by atoms with E-state index in [1.807, 2.05) is 12.4 Å². The summed E-state index contributed by atoms with van der Waals surface area (Å²) in [5.41, 5.74) is 1.72. The second-order valence-electron chi connectivity index (χ2n) is 5.32. The number of nitrogens with zero attached hydrogens (tertiary/aromatic N) is 2. The number of rotatable bonds is 5. The molecular formula is C15H19FN4O. The third-order valence-corrected chi connectivity index (χ3v) is 3.87. The lowest BCUT2D eigenvalue weighted by Gasteiger charge is -2.31. The molecule has 0 saturated carbocycles. The topological polar surface area (TPSA) is 62.8 Å². The summed E-state index contributed by atoms with van der Waals surface area (Å²) in [7, 11) is 0. The fourth-order valence-corrected chi connectivity index (χ4v) is 2.78. The van der Waals surface area contributed by atoms with Gasteiger partial charge in [-0.1, -0.05) is 0 Å². The molecule has 0 radical (unpaired) electrons. The van der Waals surface area contributed by atoms with Crippen molar-refractivity contribution in [1.82, 2.24) is 20.5 Å². The van der Waals surface area contributed by atoms with E-state index in [1.54, 1.807) is 12.3 Å². The summed E-state index contributed by atoms with van der Waals surface area (Å²) >= 11 is 0. The Balaban J connectivity index is 1.57. The molecule has 1 aliphatic rings. The summed E-state index contributed by atoms with van der Waals surface area (Å²) in [5, 5.41) is 10.1. The molecule has 21 heavy (non-hydrogen) atoms. The van der Waals surface area contributed by atoms with Crippen molar-refractivity contribution in [3.63, 3.8) is 0 Å². The molecule has 2 aromatic rings.